The number of carboxylic acids is 1. The average molecular weight is 401 g/mol. The van der Waals surface area contributed by atoms with Crippen LogP contribution in [-0.4, -0.2) is 54.1 Å². The van der Waals surface area contributed by atoms with Crippen LogP contribution in [0.1, 0.15) is 4.88 Å². The predicted molar refractivity (Wildman–Crippen MR) is 96.5 cm³/mol. The summed E-state index contributed by atoms with van der Waals surface area (Å²) in [5, 5.41) is 16.3. The molecule has 26 heavy (non-hydrogen) atoms. The van der Waals surface area contributed by atoms with E-state index in [0.717, 1.165) is 4.88 Å². The number of hydrogen-bond donors (Lipinski definition) is 4. The maximum absolute atomic E-state index is 12.2. The standard InChI is InChI=1S/C15H19N3O6S2/c1-23-12(17-10(19)5-9-3-2-4-25-9)13-18-11(14(20)21)8(7-26-13)6-24-15(16)22/h2-4,12-13,18H,5-7H2,1H3,(H2,16,22)(H,17,19)(H,20,21)/t12?,13-/m1/s1. The Morgan fingerprint density at radius 2 is 2.27 bits per heavy atom. The fourth-order valence-corrected chi connectivity index (χ4v) is 4.10. The van der Waals surface area contributed by atoms with E-state index in [9.17, 15) is 19.5 Å². The Bertz CT molecular complexity index is 692. The zero-order valence-corrected chi connectivity index (χ0v) is 15.5. The largest absolute Gasteiger partial charge is 0.477 e. The number of rotatable bonds is 8. The minimum absolute atomic E-state index is 0.0930. The molecule has 1 aromatic rings. The summed E-state index contributed by atoms with van der Waals surface area (Å²) >= 11 is 2.80. The highest BCUT2D eigenvalue weighted by molar-refractivity contribution is 8.00. The van der Waals surface area contributed by atoms with E-state index < -0.39 is 23.7 Å². The molecule has 0 bridgehead atoms. The number of hydrogen-bond acceptors (Lipinski definition) is 8. The second-order valence-electron chi connectivity index (χ2n) is 5.25. The molecule has 11 heteroatoms. The van der Waals surface area contributed by atoms with E-state index in [0.29, 0.717) is 5.57 Å². The molecule has 9 nitrogen and oxygen atoms in total. The highest BCUT2D eigenvalue weighted by Gasteiger charge is 2.31. The zero-order valence-electron chi connectivity index (χ0n) is 13.9. The lowest BCUT2D eigenvalue weighted by molar-refractivity contribution is -0.133. The summed E-state index contributed by atoms with van der Waals surface area (Å²) in [6.45, 7) is -0.216. The third kappa shape index (κ3) is 5.64. The topological polar surface area (TPSA) is 140 Å². The van der Waals surface area contributed by atoms with Crippen molar-refractivity contribution in [3.63, 3.8) is 0 Å². The van der Waals surface area contributed by atoms with Gasteiger partial charge in [-0.25, -0.2) is 9.59 Å². The Morgan fingerprint density at radius 3 is 2.85 bits per heavy atom. The fourth-order valence-electron chi connectivity index (χ4n) is 2.24. The predicted octanol–water partition coefficient (Wildman–Crippen LogP) is 0.476. The van der Waals surface area contributed by atoms with Gasteiger partial charge in [0, 0.05) is 23.3 Å². The molecule has 2 heterocycles. The number of nitrogens with one attached hydrogen (secondary N) is 2. The van der Waals surface area contributed by atoms with Gasteiger partial charge in [0.15, 0.2) is 6.23 Å². The maximum atomic E-state index is 12.2. The molecule has 2 amide bonds. The molecule has 0 aromatic carbocycles. The molecule has 1 unspecified atom stereocenters. The summed E-state index contributed by atoms with van der Waals surface area (Å²) in [4.78, 5) is 35.3. The van der Waals surface area contributed by atoms with Crippen LogP contribution in [-0.2, 0) is 25.5 Å². The van der Waals surface area contributed by atoms with Crippen LogP contribution in [0.4, 0.5) is 4.79 Å². The minimum atomic E-state index is -1.20. The van der Waals surface area contributed by atoms with Gasteiger partial charge in [0.05, 0.1) is 6.42 Å². The quantitative estimate of drug-likeness (QED) is 0.461. The number of carbonyl (C=O) groups excluding carboxylic acids is 2. The minimum Gasteiger partial charge on any atom is -0.477 e. The van der Waals surface area contributed by atoms with E-state index in [1.165, 1.54) is 30.2 Å². The first-order chi connectivity index (χ1) is 12.4. The van der Waals surface area contributed by atoms with Gasteiger partial charge >= 0.3 is 12.1 Å². The Morgan fingerprint density at radius 1 is 1.50 bits per heavy atom. The van der Waals surface area contributed by atoms with Gasteiger partial charge in [0.2, 0.25) is 5.91 Å². The number of nitrogens with two attached hydrogens (primary N) is 1. The van der Waals surface area contributed by atoms with Crippen molar-refractivity contribution in [1.29, 1.82) is 0 Å². The van der Waals surface area contributed by atoms with Crippen molar-refractivity contribution in [3.8, 4) is 0 Å². The molecule has 5 N–H and O–H groups in total. The molecular weight excluding hydrogens is 382 g/mol. The van der Waals surface area contributed by atoms with Crippen molar-refractivity contribution in [1.82, 2.24) is 10.6 Å². The van der Waals surface area contributed by atoms with Crippen molar-refractivity contribution in [2.75, 3.05) is 19.5 Å². The Kier molecular flexibility index (Phi) is 7.30. The van der Waals surface area contributed by atoms with Crippen LogP contribution in [0.2, 0.25) is 0 Å². The number of carboxylic acid groups (broad SMARTS) is 1. The lowest BCUT2D eigenvalue weighted by Crippen LogP contribution is -2.52. The van der Waals surface area contributed by atoms with Gasteiger partial charge in [-0.15, -0.1) is 23.1 Å². The highest BCUT2D eigenvalue weighted by Crippen LogP contribution is 2.25. The number of carbonyl (C=O) groups is 3. The number of thioether (sulfide) groups is 1. The molecule has 1 aliphatic heterocycles. The lowest BCUT2D eigenvalue weighted by Gasteiger charge is -2.32. The maximum Gasteiger partial charge on any atom is 0.404 e. The van der Waals surface area contributed by atoms with Gasteiger partial charge in [-0.3, -0.25) is 4.79 Å². The van der Waals surface area contributed by atoms with Crippen molar-refractivity contribution in [2.24, 2.45) is 5.73 Å². The van der Waals surface area contributed by atoms with Crippen LogP contribution in [0.25, 0.3) is 0 Å². The van der Waals surface area contributed by atoms with E-state index >= 15 is 0 Å². The molecule has 142 valence electrons. The smallest absolute Gasteiger partial charge is 0.404 e. The number of amides is 2. The molecular formula is C15H19N3O6S2. The normalized spacial score (nSPS) is 18.0. The lowest BCUT2D eigenvalue weighted by atomic mass is 10.2. The van der Waals surface area contributed by atoms with Gasteiger partial charge in [-0.2, -0.15) is 0 Å². The monoisotopic (exact) mass is 401 g/mol. The summed E-state index contributed by atoms with van der Waals surface area (Å²) in [6.07, 6.45) is -1.50. The van der Waals surface area contributed by atoms with E-state index in [1.807, 2.05) is 17.5 Å². The molecule has 0 aliphatic carbocycles. The first-order valence-electron chi connectivity index (χ1n) is 7.51. The Balaban J connectivity index is 2.01. The molecule has 0 saturated heterocycles. The molecule has 1 aromatic heterocycles. The summed E-state index contributed by atoms with van der Waals surface area (Å²) < 4.78 is 9.98. The number of primary amides is 1. The number of ether oxygens (including phenoxy) is 2. The van der Waals surface area contributed by atoms with E-state index in [1.54, 1.807) is 0 Å². The van der Waals surface area contributed by atoms with Crippen LogP contribution >= 0.6 is 23.1 Å². The van der Waals surface area contributed by atoms with Crippen molar-refractivity contribution < 1.29 is 29.0 Å². The summed E-state index contributed by atoms with van der Waals surface area (Å²) in [5.74, 6) is -1.14. The van der Waals surface area contributed by atoms with E-state index in [4.69, 9.17) is 10.5 Å². The van der Waals surface area contributed by atoms with Crippen LogP contribution in [0.15, 0.2) is 28.8 Å². The summed E-state index contributed by atoms with van der Waals surface area (Å²) in [6, 6.07) is 3.72. The van der Waals surface area contributed by atoms with E-state index in [-0.39, 0.29) is 30.4 Å². The van der Waals surface area contributed by atoms with Gasteiger partial charge in [0.25, 0.3) is 0 Å². The summed E-state index contributed by atoms with van der Waals surface area (Å²) in [7, 11) is 1.42. The van der Waals surface area contributed by atoms with E-state index in [2.05, 4.69) is 15.4 Å². The second-order valence-corrected chi connectivity index (χ2v) is 7.41. The average Bonchev–Trinajstić information content (AvgIpc) is 3.10. The van der Waals surface area contributed by atoms with Crippen molar-refractivity contribution in [3.05, 3.63) is 33.7 Å². The summed E-state index contributed by atoms with van der Waals surface area (Å²) in [5.41, 5.74) is 5.21. The molecule has 0 fully saturated rings. The van der Waals surface area contributed by atoms with Crippen LogP contribution in [0, 0.1) is 0 Å². The van der Waals surface area contributed by atoms with Crippen LogP contribution < -0.4 is 16.4 Å². The van der Waals surface area contributed by atoms with Crippen molar-refractivity contribution >= 4 is 41.1 Å². The first kappa shape index (κ1) is 20.1. The molecule has 2 atom stereocenters. The second kappa shape index (κ2) is 9.46. The SMILES string of the molecule is COC(NC(=O)Cc1cccs1)[C@@H]1NC(C(=O)O)=C(COC(N)=O)CS1. The Hall–Kier alpha value is -2.24. The van der Waals surface area contributed by atoms with Gasteiger partial charge in [-0.1, -0.05) is 6.07 Å². The van der Waals surface area contributed by atoms with Gasteiger partial charge < -0.3 is 30.9 Å². The molecule has 2 rings (SSSR count). The third-order valence-electron chi connectivity index (χ3n) is 3.43. The Labute approximate surface area is 157 Å². The first-order valence-corrected chi connectivity index (χ1v) is 9.43. The van der Waals surface area contributed by atoms with Crippen LogP contribution in [0.3, 0.4) is 0 Å². The fraction of sp³-hybridized carbons (Fsp3) is 0.400. The number of aliphatic carboxylic acids is 1. The van der Waals surface area contributed by atoms with Gasteiger partial charge in [0.1, 0.15) is 17.7 Å². The number of methoxy groups -OCH3 is 1. The molecule has 0 radical (unpaired) electrons. The van der Waals surface area contributed by atoms with Crippen molar-refractivity contribution in [2.45, 2.75) is 18.0 Å². The van der Waals surface area contributed by atoms with Gasteiger partial charge in [-0.05, 0) is 11.4 Å². The highest BCUT2D eigenvalue weighted by atomic mass is 32.2. The third-order valence-corrected chi connectivity index (χ3v) is 5.54. The van der Waals surface area contributed by atoms with Crippen LogP contribution in [0.5, 0.6) is 0 Å². The molecule has 0 spiro atoms. The molecule has 0 saturated carbocycles. The number of thiophene rings is 1. The molecule has 1 aliphatic rings. The zero-order chi connectivity index (χ0) is 19.1.